The lowest BCUT2D eigenvalue weighted by atomic mass is 10.1. The number of aromatic amines is 1. The molecule has 31 heavy (non-hydrogen) atoms. The van der Waals surface area contributed by atoms with Gasteiger partial charge in [-0.05, 0) is 31.0 Å². The predicted molar refractivity (Wildman–Crippen MR) is 122 cm³/mol. The van der Waals surface area contributed by atoms with Gasteiger partial charge in [0, 0.05) is 49.2 Å². The largest absolute Gasteiger partial charge is 0.380 e. The second kappa shape index (κ2) is 9.76. The van der Waals surface area contributed by atoms with Crippen LogP contribution in [0.4, 0.5) is 10.8 Å². The number of carbonyl (C=O) groups is 2. The normalized spacial score (nSPS) is 16.2. The number of carbonyl (C=O) groups excluding carboxylic acids is 2. The predicted octanol–water partition coefficient (Wildman–Crippen LogP) is 3.12. The highest BCUT2D eigenvalue weighted by molar-refractivity contribution is 7.14. The molecule has 0 spiro atoms. The molecule has 1 aromatic carbocycles. The van der Waals surface area contributed by atoms with Crippen LogP contribution in [-0.4, -0.2) is 54.6 Å². The summed E-state index contributed by atoms with van der Waals surface area (Å²) in [5.41, 5.74) is 3.42. The minimum atomic E-state index is -0.322. The van der Waals surface area contributed by atoms with Crippen molar-refractivity contribution in [1.82, 2.24) is 15.3 Å². The number of H-pyrrole nitrogens is 1. The van der Waals surface area contributed by atoms with Gasteiger partial charge in [-0.3, -0.25) is 9.59 Å². The van der Waals surface area contributed by atoms with Crippen LogP contribution in [0.5, 0.6) is 0 Å². The fourth-order valence-corrected chi connectivity index (χ4v) is 4.32. The molecular formula is C22H25N5O3S. The van der Waals surface area contributed by atoms with Crippen LogP contribution in [0.15, 0.2) is 48.1 Å². The third-order valence-corrected chi connectivity index (χ3v) is 6.00. The standard InChI is InChI=1S/C22H25N5O3S/c1-30-18-6-3-9-27(13-18)17-5-2-4-15(10-17)19-14-31-22(25-19)26-20(28)12-24-21(29)16-7-8-23-11-16/h2,4-5,7-8,10-11,14,18,23H,3,6,9,12-13H2,1H3,(H,24,29)(H,25,26,28). The van der Waals surface area contributed by atoms with E-state index in [2.05, 4.69) is 37.6 Å². The number of rotatable bonds is 7. The van der Waals surface area contributed by atoms with Gasteiger partial charge in [0.05, 0.1) is 23.9 Å². The summed E-state index contributed by atoms with van der Waals surface area (Å²) in [6, 6.07) is 9.90. The van der Waals surface area contributed by atoms with E-state index in [-0.39, 0.29) is 24.5 Å². The van der Waals surface area contributed by atoms with E-state index in [1.807, 2.05) is 17.5 Å². The molecule has 9 heteroatoms. The van der Waals surface area contributed by atoms with Crippen molar-refractivity contribution in [3.05, 3.63) is 53.7 Å². The van der Waals surface area contributed by atoms with Crippen LogP contribution >= 0.6 is 11.3 Å². The molecule has 1 aliphatic rings. The van der Waals surface area contributed by atoms with Crippen molar-refractivity contribution in [3.63, 3.8) is 0 Å². The fraction of sp³-hybridized carbons (Fsp3) is 0.318. The summed E-state index contributed by atoms with van der Waals surface area (Å²) in [6.45, 7) is 1.77. The summed E-state index contributed by atoms with van der Waals surface area (Å²) >= 11 is 1.36. The zero-order valence-electron chi connectivity index (χ0n) is 17.3. The summed E-state index contributed by atoms with van der Waals surface area (Å²) < 4.78 is 5.53. The number of nitrogens with one attached hydrogen (secondary N) is 3. The van der Waals surface area contributed by atoms with Crippen molar-refractivity contribution in [2.75, 3.05) is 37.0 Å². The Labute approximate surface area is 184 Å². The molecule has 1 atom stereocenters. The molecular weight excluding hydrogens is 414 g/mol. The maximum absolute atomic E-state index is 12.2. The molecule has 1 fully saturated rings. The number of anilines is 2. The van der Waals surface area contributed by atoms with Crippen LogP contribution < -0.4 is 15.5 Å². The second-order valence-electron chi connectivity index (χ2n) is 7.36. The number of hydrogen-bond donors (Lipinski definition) is 3. The first-order valence-electron chi connectivity index (χ1n) is 10.2. The Morgan fingerprint density at radius 1 is 1.35 bits per heavy atom. The van der Waals surface area contributed by atoms with E-state index in [4.69, 9.17) is 4.74 Å². The Bertz CT molecular complexity index is 1030. The molecule has 3 aromatic rings. The highest BCUT2D eigenvalue weighted by Gasteiger charge is 2.20. The summed E-state index contributed by atoms with van der Waals surface area (Å²) in [5.74, 6) is -0.626. The molecule has 1 aliphatic heterocycles. The average molecular weight is 440 g/mol. The SMILES string of the molecule is COC1CCCN(c2cccc(-c3csc(NC(=O)CNC(=O)c4cc[nH]c4)n3)c2)C1. The Kier molecular flexibility index (Phi) is 6.63. The van der Waals surface area contributed by atoms with Crippen LogP contribution in [0.25, 0.3) is 11.3 Å². The summed E-state index contributed by atoms with van der Waals surface area (Å²) in [7, 11) is 1.77. The van der Waals surface area contributed by atoms with Crippen LogP contribution in [0.1, 0.15) is 23.2 Å². The molecule has 0 saturated carbocycles. The van der Waals surface area contributed by atoms with Gasteiger partial charge in [0.1, 0.15) is 0 Å². The first-order valence-corrected chi connectivity index (χ1v) is 11.0. The van der Waals surface area contributed by atoms with Gasteiger partial charge in [-0.2, -0.15) is 0 Å². The average Bonchev–Trinajstić information content (AvgIpc) is 3.50. The molecule has 1 unspecified atom stereocenters. The molecule has 8 nitrogen and oxygen atoms in total. The Morgan fingerprint density at radius 3 is 3.06 bits per heavy atom. The van der Waals surface area contributed by atoms with Gasteiger partial charge in [-0.15, -0.1) is 11.3 Å². The van der Waals surface area contributed by atoms with E-state index >= 15 is 0 Å². The van der Waals surface area contributed by atoms with Crippen molar-refractivity contribution in [2.45, 2.75) is 18.9 Å². The molecule has 1 saturated heterocycles. The highest BCUT2D eigenvalue weighted by atomic mass is 32.1. The number of aromatic nitrogens is 2. The first-order chi connectivity index (χ1) is 15.1. The van der Waals surface area contributed by atoms with Gasteiger partial charge >= 0.3 is 0 Å². The van der Waals surface area contributed by atoms with E-state index in [9.17, 15) is 9.59 Å². The van der Waals surface area contributed by atoms with Crippen LogP contribution in [0, 0.1) is 0 Å². The summed E-state index contributed by atoms with van der Waals surface area (Å²) in [5, 5.41) is 7.75. The topological polar surface area (TPSA) is 99.4 Å². The lowest BCUT2D eigenvalue weighted by Gasteiger charge is -2.33. The fourth-order valence-electron chi connectivity index (χ4n) is 3.58. The van der Waals surface area contributed by atoms with Gasteiger partial charge in [0.15, 0.2) is 5.13 Å². The minimum Gasteiger partial charge on any atom is -0.380 e. The van der Waals surface area contributed by atoms with Gasteiger partial charge in [0.25, 0.3) is 5.91 Å². The second-order valence-corrected chi connectivity index (χ2v) is 8.22. The van der Waals surface area contributed by atoms with Gasteiger partial charge < -0.3 is 25.3 Å². The Morgan fingerprint density at radius 2 is 2.26 bits per heavy atom. The lowest BCUT2D eigenvalue weighted by molar-refractivity contribution is -0.115. The van der Waals surface area contributed by atoms with Gasteiger partial charge in [-0.25, -0.2) is 4.98 Å². The maximum Gasteiger partial charge on any atom is 0.253 e. The number of thiazole rings is 1. The molecule has 3 heterocycles. The van der Waals surface area contributed by atoms with E-state index in [0.29, 0.717) is 10.7 Å². The van der Waals surface area contributed by atoms with Crippen molar-refractivity contribution in [3.8, 4) is 11.3 Å². The van der Waals surface area contributed by atoms with Crippen LogP contribution in [0.3, 0.4) is 0 Å². The Balaban J connectivity index is 1.36. The molecule has 3 N–H and O–H groups in total. The zero-order valence-corrected chi connectivity index (χ0v) is 18.1. The number of piperidine rings is 1. The molecule has 0 bridgehead atoms. The lowest BCUT2D eigenvalue weighted by Crippen LogP contribution is -2.39. The smallest absolute Gasteiger partial charge is 0.253 e. The number of ether oxygens (including phenoxy) is 1. The molecule has 0 radical (unpaired) electrons. The van der Waals surface area contributed by atoms with E-state index < -0.39 is 0 Å². The van der Waals surface area contributed by atoms with Crippen molar-refractivity contribution in [2.24, 2.45) is 0 Å². The molecule has 162 valence electrons. The van der Waals surface area contributed by atoms with E-state index in [1.165, 1.54) is 11.3 Å². The van der Waals surface area contributed by atoms with Crippen LogP contribution in [0.2, 0.25) is 0 Å². The van der Waals surface area contributed by atoms with Gasteiger partial charge in [0.2, 0.25) is 5.91 Å². The quantitative estimate of drug-likeness (QED) is 0.525. The number of amides is 2. The van der Waals surface area contributed by atoms with Crippen molar-refractivity contribution < 1.29 is 14.3 Å². The maximum atomic E-state index is 12.2. The highest BCUT2D eigenvalue weighted by Crippen LogP contribution is 2.29. The third kappa shape index (κ3) is 5.31. The monoisotopic (exact) mass is 439 g/mol. The van der Waals surface area contributed by atoms with Gasteiger partial charge in [-0.1, -0.05) is 12.1 Å². The molecule has 2 amide bonds. The first kappa shape index (κ1) is 21.1. The zero-order chi connectivity index (χ0) is 21.6. The van der Waals surface area contributed by atoms with Crippen LogP contribution in [-0.2, 0) is 9.53 Å². The summed E-state index contributed by atoms with van der Waals surface area (Å²) in [6.07, 6.45) is 5.69. The minimum absolute atomic E-state index is 0.121. The molecule has 2 aromatic heterocycles. The number of methoxy groups -OCH3 is 1. The number of nitrogens with zero attached hydrogens (tertiary/aromatic N) is 2. The molecule has 4 rings (SSSR count). The van der Waals surface area contributed by atoms with Crippen molar-refractivity contribution in [1.29, 1.82) is 0 Å². The third-order valence-electron chi connectivity index (χ3n) is 5.24. The van der Waals surface area contributed by atoms with Crippen molar-refractivity contribution >= 4 is 34.0 Å². The number of hydrogen-bond acceptors (Lipinski definition) is 6. The number of benzene rings is 1. The van der Waals surface area contributed by atoms with E-state index in [1.54, 1.807) is 25.6 Å². The molecule has 0 aliphatic carbocycles. The van der Waals surface area contributed by atoms with E-state index in [0.717, 1.165) is 42.9 Å². The Hall–Kier alpha value is -3.17. The summed E-state index contributed by atoms with van der Waals surface area (Å²) in [4.78, 5) is 33.8.